The number of amides is 1. The lowest BCUT2D eigenvalue weighted by molar-refractivity contribution is -0.131. The lowest BCUT2D eigenvalue weighted by Gasteiger charge is -2.27. The number of ether oxygens (including phenoxy) is 1. The van der Waals surface area contributed by atoms with Crippen molar-refractivity contribution in [2.45, 2.75) is 38.5 Å². The average molecular weight is 449 g/mol. The van der Waals surface area contributed by atoms with Crippen molar-refractivity contribution in [3.63, 3.8) is 0 Å². The molecule has 0 aromatic heterocycles. The molecule has 0 saturated carbocycles. The van der Waals surface area contributed by atoms with Gasteiger partial charge >= 0.3 is 0 Å². The summed E-state index contributed by atoms with van der Waals surface area (Å²) < 4.78 is 33.6. The van der Waals surface area contributed by atoms with E-state index in [-0.39, 0.29) is 36.9 Å². The van der Waals surface area contributed by atoms with Gasteiger partial charge < -0.3 is 14.7 Å². The summed E-state index contributed by atoms with van der Waals surface area (Å²) in [6, 6.07) is 11.9. The molecule has 2 aromatic carbocycles. The summed E-state index contributed by atoms with van der Waals surface area (Å²) in [6.45, 7) is 6.24. The molecule has 0 aliphatic rings. The topological polar surface area (TPSA) is 87.2 Å². The third-order valence-electron chi connectivity index (χ3n) is 5.00. The molecular formula is C23H32N2O5S. The third kappa shape index (κ3) is 6.21. The first-order chi connectivity index (χ1) is 14.7. The molecule has 0 unspecified atom stereocenters. The quantitative estimate of drug-likeness (QED) is 0.571. The van der Waals surface area contributed by atoms with E-state index in [0.717, 1.165) is 12.0 Å². The van der Waals surface area contributed by atoms with Crippen molar-refractivity contribution in [2.75, 3.05) is 37.7 Å². The van der Waals surface area contributed by atoms with Crippen LogP contribution < -0.4 is 9.04 Å². The molecule has 8 heteroatoms. The Labute approximate surface area is 185 Å². The minimum absolute atomic E-state index is 0.00749. The Morgan fingerprint density at radius 3 is 2.26 bits per heavy atom. The second-order valence-corrected chi connectivity index (χ2v) is 9.23. The number of carbonyl (C=O) groups is 1. The molecule has 170 valence electrons. The maximum Gasteiger partial charge on any atom is 0.264 e. The van der Waals surface area contributed by atoms with Gasteiger partial charge in [0.1, 0.15) is 5.75 Å². The van der Waals surface area contributed by atoms with E-state index < -0.39 is 10.0 Å². The first-order valence-electron chi connectivity index (χ1n) is 10.4. The van der Waals surface area contributed by atoms with Crippen LogP contribution in [0.2, 0.25) is 0 Å². The Kier molecular flexibility index (Phi) is 8.88. The maximum absolute atomic E-state index is 13.6. The zero-order valence-corrected chi connectivity index (χ0v) is 19.5. The molecule has 1 amide bonds. The summed E-state index contributed by atoms with van der Waals surface area (Å²) in [4.78, 5) is 14.5. The van der Waals surface area contributed by atoms with Gasteiger partial charge in [0.05, 0.1) is 24.3 Å². The van der Waals surface area contributed by atoms with Gasteiger partial charge in [0.15, 0.2) is 0 Å². The number of aliphatic hydroxyl groups is 1. The summed E-state index contributed by atoms with van der Waals surface area (Å²) in [7, 11) is -2.35. The zero-order valence-electron chi connectivity index (χ0n) is 18.7. The summed E-state index contributed by atoms with van der Waals surface area (Å²) in [5, 5.41) is 9.24. The lowest BCUT2D eigenvalue weighted by Crippen LogP contribution is -2.39. The minimum atomic E-state index is -3.89. The number of aryl methyl sites for hydroxylation is 2. The molecule has 1 N–H and O–H groups in total. The highest BCUT2D eigenvalue weighted by atomic mass is 32.2. The van der Waals surface area contributed by atoms with Crippen LogP contribution in [0.1, 0.15) is 30.9 Å². The summed E-state index contributed by atoms with van der Waals surface area (Å²) in [6.07, 6.45) is 0.769. The lowest BCUT2D eigenvalue weighted by atomic mass is 10.2. The highest BCUT2D eigenvalue weighted by molar-refractivity contribution is 7.92. The Bertz CT molecular complexity index is 968. The van der Waals surface area contributed by atoms with E-state index in [2.05, 4.69) is 0 Å². The van der Waals surface area contributed by atoms with Crippen LogP contribution in [0, 0.1) is 13.8 Å². The largest absolute Gasteiger partial charge is 0.497 e. The number of sulfonamides is 1. The van der Waals surface area contributed by atoms with Crippen LogP contribution in [-0.4, -0.2) is 57.7 Å². The number of benzene rings is 2. The van der Waals surface area contributed by atoms with E-state index in [1.54, 1.807) is 55.3 Å². The van der Waals surface area contributed by atoms with Crippen LogP contribution in [0.4, 0.5) is 5.69 Å². The van der Waals surface area contributed by atoms with E-state index >= 15 is 0 Å². The van der Waals surface area contributed by atoms with Crippen molar-refractivity contribution in [1.82, 2.24) is 4.90 Å². The molecule has 0 saturated heterocycles. The number of rotatable bonds is 11. The molecule has 0 spiro atoms. The Morgan fingerprint density at radius 1 is 1.03 bits per heavy atom. The van der Waals surface area contributed by atoms with Gasteiger partial charge in [-0.25, -0.2) is 8.42 Å². The van der Waals surface area contributed by atoms with Gasteiger partial charge in [-0.15, -0.1) is 0 Å². The van der Waals surface area contributed by atoms with E-state index in [1.807, 2.05) is 19.9 Å². The van der Waals surface area contributed by atoms with Gasteiger partial charge in [-0.2, -0.15) is 0 Å². The molecule has 0 fully saturated rings. The molecule has 0 aliphatic carbocycles. The molecule has 7 nitrogen and oxygen atoms in total. The third-order valence-corrected chi connectivity index (χ3v) is 6.99. The van der Waals surface area contributed by atoms with Crippen LogP contribution in [0.5, 0.6) is 5.75 Å². The summed E-state index contributed by atoms with van der Waals surface area (Å²) in [5.41, 5.74) is 2.08. The Hall–Kier alpha value is -2.58. The molecule has 0 aliphatic heterocycles. The van der Waals surface area contributed by atoms with Crippen LogP contribution in [0.15, 0.2) is 47.4 Å². The number of methoxy groups -OCH3 is 1. The predicted octanol–water partition coefficient (Wildman–Crippen LogP) is 3.13. The SMILES string of the molecule is CCCN(CCO)C(=O)CCN(c1ccc(OC)cc1)S(=O)(=O)c1ccc(C)cc1C. The fraction of sp³-hybridized carbons (Fsp3) is 0.435. The molecule has 31 heavy (non-hydrogen) atoms. The van der Waals surface area contributed by atoms with Crippen molar-refractivity contribution in [3.05, 3.63) is 53.6 Å². The number of hydrogen-bond donors (Lipinski definition) is 1. The number of anilines is 1. The van der Waals surface area contributed by atoms with Gasteiger partial charge in [-0.3, -0.25) is 9.10 Å². The molecule has 0 bridgehead atoms. The van der Waals surface area contributed by atoms with Crippen molar-refractivity contribution in [2.24, 2.45) is 0 Å². The van der Waals surface area contributed by atoms with E-state index in [9.17, 15) is 18.3 Å². The number of aliphatic hydroxyl groups excluding tert-OH is 1. The second-order valence-electron chi connectivity index (χ2n) is 7.40. The zero-order chi connectivity index (χ0) is 23.0. The van der Waals surface area contributed by atoms with Crippen LogP contribution in [0.25, 0.3) is 0 Å². The van der Waals surface area contributed by atoms with Crippen molar-refractivity contribution < 1.29 is 23.1 Å². The summed E-state index contributed by atoms with van der Waals surface area (Å²) in [5.74, 6) is 0.422. The fourth-order valence-corrected chi connectivity index (χ4v) is 5.13. The van der Waals surface area contributed by atoms with Gasteiger partial charge in [-0.1, -0.05) is 24.6 Å². The van der Waals surface area contributed by atoms with Crippen LogP contribution in [-0.2, 0) is 14.8 Å². The van der Waals surface area contributed by atoms with E-state index in [0.29, 0.717) is 23.5 Å². The van der Waals surface area contributed by atoms with Crippen LogP contribution >= 0.6 is 0 Å². The normalized spacial score (nSPS) is 11.3. The molecule has 0 atom stereocenters. The highest BCUT2D eigenvalue weighted by Gasteiger charge is 2.28. The predicted molar refractivity (Wildman–Crippen MR) is 122 cm³/mol. The number of nitrogens with zero attached hydrogens (tertiary/aromatic N) is 2. The fourth-order valence-electron chi connectivity index (χ4n) is 3.45. The van der Waals surface area contributed by atoms with Gasteiger partial charge in [0, 0.05) is 26.1 Å². The van der Waals surface area contributed by atoms with Crippen molar-refractivity contribution in [3.8, 4) is 5.75 Å². The minimum Gasteiger partial charge on any atom is -0.497 e. The summed E-state index contributed by atoms with van der Waals surface area (Å²) >= 11 is 0. The molecule has 0 radical (unpaired) electrons. The molecular weight excluding hydrogens is 416 g/mol. The van der Waals surface area contributed by atoms with Gasteiger partial charge in [0.25, 0.3) is 10.0 Å². The first-order valence-corrected chi connectivity index (χ1v) is 11.8. The Balaban J connectivity index is 2.39. The number of hydrogen-bond acceptors (Lipinski definition) is 5. The standard InChI is InChI=1S/C23H32N2O5S/c1-5-13-24(15-16-26)23(27)12-14-25(20-7-9-21(30-4)10-8-20)31(28,29)22-11-6-18(2)17-19(22)3/h6-11,17,26H,5,12-16H2,1-4H3. The Morgan fingerprint density at radius 2 is 1.71 bits per heavy atom. The number of carbonyl (C=O) groups excluding carboxylic acids is 1. The van der Waals surface area contributed by atoms with E-state index in [4.69, 9.17) is 4.74 Å². The monoisotopic (exact) mass is 448 g/mol. The first kappa shape index (κ1) is 24.7. The van der Waals surface area contributed by atoms with Gasteiger partial charge in [0.2, 0.25) is 5.91 Å². The second kappa shape index (κ2) is 11.2. The van der Waals surface area contributed by atoms with Crippen LogP contribution in [0.3, 0.4) is 0 Å². The molecule has 2 aromatic rings. The van der Waals surface area contributed by atoms with Gasteiger partial charge in [-0.05, 0) is 56.2 Å². The maximum atomic E-state index is 13.6. The van der Waals surface area contributed by atoms with E-state index in [1.165, 1.54) is 4.31 Å². The molecule has 0 heterocycles. The average Bonchev–Trinajstić information content (AvgIpc) is 2.73. The van der Waals surface area contributed by atoms with Crippen molar-refractivity contribution >= 4 is 21.6 Å². The highest BCUT2D eigenvalue weighted by Crippen LogP contribution is 2.28. The molecule has 2 rings (SSSR count). The van der Waals surface area contributed by atoms with Crippen molar-refractivity contribution in [1.29, 1.82) is 0 Å². The smallest absolute Gasteiger partial charge is 0.264 e.